The molecule has 0 N–H and O–H groups in total. The lowest BCUT2D eigenvalue weighted by atomic mass is 10.1. The van der Waals surface area contributed by atoms with Crippen LogP contribution in [0.1, 0.15) is 61.8 Å². The van der Waals surface area contributed by atoms with Gasteiger partial charge in [0.25, 0.3) is 0 Å². The fourth-order valence-corrected chi connectivity index (χ4v) is 4.54. The lowest BCUT2D eigenvalue weighted by Gasteiger charge is -2.10. The van der Waals surface area contributed by atoms with Gasteiger partial charge in [-0.1, -0.05) is 25.1 Å². The van der Waals surface area contributed by atoms with Gasteiger partial charge in [0, 0.05) is 25.8 Å². The lowest BCUT2D eigenvalue weighted by molar-refractivity contribution is -0.158. The highest BCUT2D eigenvalue weighted by Gasteiger charge is 2.30. The number of ether oxygens (including phenoxy) is 1. The second-order valence-electron chi connectivity index (χ2n) is 8.93. The molecular weight excluding hydrogens is 416 g/mol. The largest absolute Gasteiger partial charge is 0.392 e. The molecule has 0 aliphatic heterocycles. The van der Waals surface area contributed by atoms with E-state index in [0.29, 0.717) is 12.5 Å². The van der Waals surface area contributed by atoms with Crippen LogP contribution in [-0.4, -0.2) is 31.0 Å². The molecule has 7 heteroatoms. The third-order valence-electron chi connectivity index (χ3n) is 6.20. The van der Waals surface area contributed by atoms with E-state index in [2.05, 4.69) is 48.7 Å². The maximum Gasteiger partial charge on any atom is 0.333 e. The molecule has 1 fully saturated rings. The molecule has 170 valence electrons. The van der Waals surface area contributed by atoms with Gasteiger partial charge < -0.3 is 13.9 Å². The number of benzene rings is 2. The maximum absolute atomic E-state index is 12.2. The average molecular weight is 445 g/mol. The van der Waals surface area contributed by atoms with Gasteiger partial charge in [-0.3, -0.25) is 4.79 Å². The van der Waals surface area contributed by atoms with E-state index in [1.54, 1.807) is 0 Å². The third kappa shape index (κ3) is 4.15. The number of aromatic nitrogens is 4. The number of para-hydroxylation sites is 1. The molecule has 0 atom stereocenters. The Morgan fingerprint density at radius 3 is 2.64 bits per heavy atom. The summed E-state index contributed by atoms with van der Waals surface area (Å²) in [4.78, 5) is 33.2. The molecule has 2 heterocycles. The van der Waals surface area contributed by atoms with Crippen molar-refractivity contribution in [3.05, 3.63) is 59.2 Å². The van der Waals surface area contributed by atoms with Crippen molar-refractivity contribution in [2.75, 3.05) is 0 Å². The first-order valence-electron chi connectivity index (χ1n) is 11.6. The predicted molar refractivity (Wildman–Crippen MR) is 126 cm³/mol. The second kappa shape index (κ2) is 8.46. The Bertz CT molecular complexity index is 1380. The number of carbonyl (C=O) groups excluding carboxylic acids is 2. The van der Waals surface area contributed by atoms with Crippen LogP contribution in [-0.2, 0) is 33.8 Å². The smallest absolute Gasteiger partial charge is 0.333 e. The van der Waals surface area contributed by atoms with Gasteiger partial charge in [0.05, 0.1) is 22.1 Å². The van der Waals surface area contributed by atoms with Gasteiger partial charge in [-0.15, -0.1) is 0 Å². The fourth-order valence-electron chi connectivity index (χ4n) is 4.54. The summed E-state index contributed by atoms with van der Waals surface area (Å²) in [6, 6.07) is 12.5. The molecule has 1 aliphatic carbocycles. The van der Waals surface area contributed by atoms with Gasteiger partial charge in [0.15, 0.2) is 0 Å². The lowest BCUT2D eigenvalue weighted by Crippen LogP contribution is -2.17. The van der Waals surface area contributed by atoms with Crippen LogP contribution in [0.15, 0.2) is 36.4 Å². The average Bonchev–Trinajstić information content (AvgIpc) is 3.47. The Kier molecular flexibility index (Phi) is 5.48. The number of nitrogens with zero attached hydrogens (tertiary/aromatic N) is 4. The van der Waals surface area contributed by atoms with Crippen molar-refractivity contribution in [1.29, 1.82) is 0 Å². The molecule has 0 spiro atoms. The molecule has 5 rings (SSSR count). The molecule has 0 radical (unpaired) electrons. The van der Waals surface area contributed by atoms with Gasteiger partial charge in [-0.2, -0.15) is 0 Å². The Morgan fingerprint density at radius 1 is 1.09 bits per heavy atom. The Labute approximate surface area is 192 Å². The van der Waals surface area contributed by atoms with Crippen LogP contribution in [0.2, 0.25) is 0 Å². The van der Waals surface area contributed by atoms with E-state index in [-0.39, 0.29) is 6.54 Å². The molecule has 0 unspecified atom stereocenters. The first kappa shape index (κ1) is 21.4. The van der Waals surface area contributed by atoms with Crippen molar-refractivity contribution in [3.8, 4) is 0 Å². The highest BCUT2D eigenvalue weighted by molar-refractivity contribution is 5.86. The van der Waals surface area contributed by atoms with Crippen LogP contribution in [0.5, 0.6) is 0 Å². The Hall–Kier alpha value is -3.48. The van der Waals surface area contributed by atoms with E-state index in [0.717, 1.165) is 65.0 Å². The molecule has 0 bridgehead atoms. The van der Waals surface area contributed by atoms with Gasteiger partial charge in [-0.05, 0) is 55.5 Å². The van der Waals surface area contributed by atoms with Gasteiger partial charge >= 0.3 is 11.9 Å². The zero-order valence-corrected chi connectivity index (χ0v) is 19.3. The van der Waals surface area contributed by atoms with Gasteiger partial charge in [-0.25, -0.2) is 14.8 Å². The molecule has 4 aromatic rings. The normalized spacial score (nSPS) is 13.7. The van der Waals surface area contributed by atoms with E-state index in [1.165, 1.54) is 12.5 Å². The number of hydrogen-bond acceptors (Lipinski definition) is 5. The van der Waals surface area contributed by atoms with Crippen molar-refractivity contribution in [2.45, 2.75) is 65.5 Å². The summed E-state index contributed by atoms with van der Waals surface area (Å²) in [6.45, 7) is 6.22. The third-order valence-corrected chi connectivity index (χ3v) is 6.20. The minimum absolute atomic E-state index is 0.00660. The molecule has 1 aliphatic rings. The van der Waals surface area contributed by atoms with E-state index in [4.69, 9.17) is 14.7 Å². The fraction of sp³-hybridized carbons (Fsp3) is 0.385. The summed E-state index contributed by atoms with van der Waals surface area (Å²) in [5.41, 5.74) is 6.29. The van der Waals surface area contributed by atoms with Crippen LogP contribution in [0.25, 0.3) is 22.1 Å². The molecule has 2 aromatic heterocycles. The quantitative estimate of drug-likeness (QED) is 0.306. The van der Waals surface area contributed by atoms with Crippen molar-refractivity contribution in [3.63, 3.8) is 0 Å². The molecular formula is C26H28N4O3. The molecule has 0 saturated heterocycles. The monoisotopic (exact) mass is 444 g/mol. The predicted octanol–water partition coefficient (Wildman–Crippen LogP) is 4.66. The molecule has 2 aromatic carbocycles. The number of esters is 2. The minimum Gasteiger partial charge on any atom is -0.392 e. The summed E-state index contributed by atoms with van der Waals surface area (Å²) in [7, 11) is 0. The highest BCUT2D eigenvalue weighted by atomic mass is 16.6. The van der Waals surface area contributed by atoms with Crippen LogP contribution < -0.4 is 0 Å². The number of carbonyl (C=O) groups is 2. The summed E-state index contributed by atoms with van der Waals surface area (Å²) in [6.07, 6.45) is 4.10. The topological polar surface area (TPSA) is 79.0 Å². The molecule has 1 saturated carbocycles. The molecule has 7 nitrogen and oxygen atoms in total. The van der Waals surface area contributed by atoms with E-state index < -0.39 is 11.9 Å². The summed E-state index contributed by atoms with van der Waals surface area (Å²) < 4.78 is 8.98. The summed E-state index contributed by atoms with van der Waals surface area (Å²) in [5, 5.41) is 0. The highest BCUT2D eigenvalue weighted by Crippen LogP contribution is 2.40. The minimum atomic E-state index is -0.592. The van der Waals surface area contributed by atoms with Crippen molar-refractivity contribution < 1.29 is 14.3 Å². The van der Waals surface area contributed by atoms with Crippen LogP contribution in [0.4, 0.5) is 0 Å². The van der Waals surface area contributed by atoms with Crippen molar-refractivity contribution >= 4 is 34.0 Å². The number of rotatable bonds is 7. The zero-order chi connectivity index (χ0) is 23.1. The maximum atomic E-state index is 12.2. The van der Waals surface area contributed by atoms with Gasteiger partial charge in [0.2, 0.25) is 0 Å². The van der Waals surface area contributed by atoms with Crippen LogP contribution >= 0.6 is 0 Å². The molecule has 0 amide bonds. The standard InChI is InChI=1S/C26H28N4O3/c1-4-6-23-28-25-16(2)7-5-8-22(25)29(23)14-18-9-12-21-20(13-18)27-26(19-10-11-19)30(21)15-24(32)33-17(3)31/h5,7-9,12-13,19H,4,6,10-11,14-15H2,1-3H3. The second-order valence-corrected chi connectivity index (χ2v) is 8.93. The van der Waals surface area contributed by atoms with Crippen LogP contribution in [0.3, 0.4) is 0 Å². The van der Waals surface area contributed by atoms with Crippen LogP contribution in [0, 0.1) is 6.92 Å². The number of fused-ring (bicyclic) bond motifs is 2. The van der Waals surface area contributed by atoms with E-state index in [1.807, 2.05) is 10.6 Å². The van der Waals surface area contributed by atoms with E-state index >= 15 is 0 Å². The SMILES string of the molecule is CCCc1nc2c(C)cccc2n1Cc1ccc2c(c1)nc(C1CC1)n2CC(=O)OC(C)=O. The van der Waals surface area contributed by atoms with Crippen molar-refractivity contribution in [2.24, 2.45) is 0 Å². The Morgan fingerprint density at radius 2 is 1.91 bits per heavy atom. The van der Waals surface area contributed by atoms with Gasteiger partial charge in [0.1, 0.15) is 18.2 Å². The Balaban J connectivity index is 1.52. The number of aryl methyl sites for hydroxylation is 2. The zero-order valence-electron chi connectivity index (χ0n) is 19.3. The first-order chi connectivity index (χ1) is 15.9. The van der Waals surface area contributed by atoms with Crippen molar-refractivity contribution in [1.82, 2.24) is 19.1 Å². The van der Waals surface area contributed by atoms with E-state index in [9.17, 15) is 9.59 Å². The summed E-state index contributed by atoms with van der Waals surface area (Å²) in [5.74, 6) is 1.21. The first-order valence-corrected chi connectivity index (χ1v) is 11.6. The summed E-state index contributed by atoms with van der Waals surface area (Å²) >= 11 is 0. The number of imidazole rings is 2. The molecule has 33 heavy (non-hydrogen) atoms. The number of hydrogen-bond donors (Lipinski definition) is 0.